The van der Waals surface area contributed by atoms with Crippen LogP contribution in [0.5, 0.6) is 11.5 Å². The second-order valence-corrected chi connectivity index (χ2v) is 4.36. The molecule has 1 aliphatic rings. The zero-order valence-electron chi connectivity index (χ0n) is 10.1. The normalized spacial score (nSPS) is 17.3. The minimum Gasteiger partial charge on any atom is -0.508 e. The Hall–Kier alpha value is -1.48. The molecule has 92 valence electrons. The topological polar surface area (TPSA) is 49.7 Å². The Bertz CT molecular complexity index is 435. The lowest BCUT2D eigenvalue weighted by atomic mass is 9.93. The van der Waals surface area contributed by atoms with Crippen molar-refractivity contribution in [3.63, 3.8) is 0 Å². The molecule has 0 bridgehead atoms. The van der Waals surface area contributed by atoms with Crippen LogP contribution in [0, 0.1) is 0 Å². The van der Waals surface area contributed by atoms with Crippen LogP contribution in [-0.2, 0) is 0 Å². The van der Waals surface area contributed by atoms with Crippen molar-refractivity contribution in [2.75, 3.05) is 13.2 Å². The van der Waals surface area contributed by atoms with Crippen LogP contribution in [0.3, 0.4) is 0 Å². The van der Waals surface area contributed by atoms with Crippen LogP contribution in [0.15, 0.2) is 23.8 Å². The maximum Gasteiger partial charge on any atom is 0.130 e. The number of phenols is 1. The van der Waals surface area contributed by atoms with Gasteiger partial charge in [0.1, 0.15) is 11.5 Å². The van der Waals surface area contributed by atoms with Gasteiger partial charge in [-0.25, -0.2) is 0 Å². The number of benzene rings is 1. The second kappa shape index (κ2) is 5.23. The molecule has 3 nitrogen and oxygen atoms in total. The van der Waals surface area contributed by atoms with E-state index < -0.39 is 0 Å². The summed E-state index contributed by atoms with van der Waals surface area (Å²) in [7, 11) is 0. The molecule has 0 fully saturated rings. The number of aliphatic hydroxyl groups excluding tert-OH is 1. The third-order valence-corrected chi connectivity index (χ3v) is 3.12. The highest BCUT2D eigenvalue weighted by molar-refractivity contribution is 5.74. The van der Waals surface area contributed by atoms with Crippen LogP contribution in [0.25, 0.3) is 5.57 Å². The lowest BCUT2D eigenvalue weighted by molar-refractivity contribution is 0.288. The molecular weight excluding hydrogens is 216 g/mol. The number of aliphatic hydroxyl groups is 1. The van der Waals surface area contributed by atoms with E-state index in [0.717, 1.165) is 30.6 Å². The van der Waals surface area contributed by atoms with Crippen molar-refractivity contribution in [2.24, 2.45) is 0 Å². The molecule has 0 radical (unpaired) electrons. The van der Waals surface area contributed by atoms with Gasteiger partial charge in [0.15, 0.2) is 0 Å². The highest BCUT2D eigenvalue weighted by Gasteiger charge is 2.17. The molecule has 1 aromatic carbocycles. The first kappa shape index (κ1) is 12.0. The summed E-state index contributed by atoms with van der Waals surface area (Å²) >= 11 is 0. The first-order valence-corrected chi connectivity index (χ1v) is 5.98. The molecule has 1 aliphatic heterocycles. The lowest BCUT2D eigenvalue weighted by Gasteiger charge is -2.22. The molecule has 0 amide bonds. The SMILES string of the molecule is CC(CCCO)=C1CCOc2cc(O)ccc21. The van der Waals surface area contributed by atoms with Crippen LogP contribution in [-0.4, -0.2) is 23.4 Å². The van der Waals surface area contributed by atoms with Gasteiger partial charge in [0, 0.05) is 24.7 Å². The largest absolute Gasteiger partial charge is 0.508 e. The number of allylic oxidation sites excluding steroid dienone is 1. The van der Waals surface area contributed by atoms with E-state index in [9.17, 15) is 5.11 Å². The Labute approximate surface area is 101 Å². The fourth-order valence-corrected chi connectivity index (χ4v) is 2.22. The van der Waals surface area contributed by atoms with Gasteiger partial charge >= 0.3 is 0 Å². The Morgan fingerprint density at radius 1 is 1.41 bits per heavy atom. The molecular formula is C14H18O3. The van der Waals surface area contributed by atoms with Gasteiger partial charge in [-0.2, -0.15) is 0 Å². The number of hydrogen-bond acceptors (Lipinski definition) is 3. The Kier molecular flexibility index (Phi) is 3.69. The Morgan fingerprint density at radius 2 is 2.24 bits per heavy atom. The summed E-state index contributed by atoms with van der Waals surface area (Å²) < 4.78 is 5.55. The minimum atomic E-state index is 0.226. The van der Waals surface area contributed by atoms with Crippen LogP contribution >= 0.6 is 0 Å². The van der Waals surface area contributed by atoms with E-state index >= 15 is 0 Å². The van der Waals surface area contributed by atoms with Crippen molar-refractivity contribution in [2.45, 2.75) is 26.2 Å². The highest BCUT2D eigenvalue weighted by Crippen LogP contribution is 2.37. The fraction of sp³-hybridized carbons (Fsp3) is 0.429. The average molecular weight is 234 g/mol. The summed E-state index contributed by atoms with van der Waals surface area (Å²) in [6.07, 6.45) is 2.60. The van der Waals surface area contributed by atoms with Gasteiger partial charge in [0.25, 0.3) is 0 Å². The zero-order chi connectivity index (χ0) is 12.3. The van der Waals surface area contributed by atoms with E-state index in [1.165, 1.54) is 11.1 Å². The summed E-state index contributed by atoms with van der Waals surface area (Å²) in [4.78, 5) is 0. The molecule has 0 aliphatic carbocycles. The summed E-state index contributed by atoms with van der Waals surface area (Å²) in [5, 5.41) is 18.3. The quantitative estimate of drug-likeness (QED) is 0.845. The smallest absolute Gasteiger partial charge is 0.130 e. The number of phenolic OH excluding ortho intramolecular Hbond substituents is 1. The number of hydrogen-bond donors (Lipinski definition) is 2. The van der Waals surface area contributed by atoms with E-state index in [2.05, 4.69) is 6.92 Å². The van der Waals surface area contributed by atoms with Crippen molar-refractivity contribution in [3.05, 3.63) is 29.3 Å². The third kappa shape index (κ3) is 2.61. The van der Waals surface area contributed by atoms with Crippen molar-refractivity contribution in [1.29, 1.82) is 0 Å². The molecule has 0 spiro atoms. The maximum atomic E-state index is 9.43. The molecule has 1 heterocycles. The van der Waals surface area contributed by atoms with Gasteiger partial charge in [-0.1, -0.05) is 5.57 Å². The molecule has 0 saturated heterocycles. The van der Waals surface area contributed by atoms with Crippen molar-refractivity contribution >= 4 is 5.57 Å². The van der Waals surface area contributed by atoms with Crippen LogP contribution < -0.4 is 4.74 Å². The lowest BCUT2D eigenvalue weighted by Crippen LogP contribution is -2.09. The first-order valence-electron chi connectivity index (χ1n) is 5.98. The molecule has 2 N–H and O–H groups in total. The number of rotatable bonds is 3. The Balaban J connectivity index is 2.34. The molecule has 2 rings (SSSR count). The predicted octanol–water partition coefficient (Wildman–Crippen LogP) is 2.72. The molecule has 0 unspecified atom stereocenters. The summed E-state index contributed by atoms with van der Waals surface area (Å²) in [5.41, 5.74) is 3.67. The minimum absolute atomic E-state index is 0.226. The number of aromatic hydroxyl groups is 1. The van der Waals surface area contributed by atoms with Gasteiger partial charge in [-0.15, -0.1) is 0 Å². The van der Waals surface area contributed by atoms with E-state index in [-0.39, 0.29) is 12.4 Å². The molecule has 3 heteroatoms. The monoisotopic (exact) mass is 234 g/mol. The van der Waals surface area contributed by atoms with Crippen molar-refractivity contribution in [3.8, 4) is 11.5 Å². The predicted molar refractivity (Wildman–Crippen MR) is 67.1 cm³/mol. The van der Waals surface area contributed by atoms with Crippen LogP contribution in [0.1, 0.15) is 31.7 Å². The highest BCUT2D eigenvalue weighted by atomic mass is 16.5. The van der Waals surface area contributed by atoms with Crippen LogP contribution in [0.4, 0.5) is 0 Å². The van der Waals surface area contributed by atoms with Crippen molar-refractivity contribution in [1.82, 2.24) is 0 Å². The summed E-state index contributed by atoms with van der Waals surface area (Å²) in [6.45, 7) is 2.98. The Morgan fingerprint density at radius 3 is 3.00 bits per heavy atom. The summed E-state index contributed by atoms with van der Waals surface area (Å²) in [6, 6.07) is 5.25. The molecule has 17 heavy (non-hydrogen) atoms. The first-order chi connectivity index (χ1) is 8.22. The number of ether oxygens (including phenoxy) is 1. The van der Waals surface area contributed by atoms with Gasteiger partial charge in [-0.3, -0.25) is 0 Å². The van der Waals surface area contributed by atoms with Gasteiger partial charge in [0.05, 0.1) is 6.61 Å². The third-order valence-electron chi connectivity index (χ3n) is 3.12. The number of fused-ring (bicyclic) bond motifs is 1. The van der Waals surface area contributed by atoms with E-state index in [1.54, 1.807) is 12.1 Å². The van der Waals surface area contributed by atoms with Crippen molar-refractivity contribution < 1.29 is 14.9 Å². The van der Waals surface area contributed by atoms with Gasteiger partial charge in [0.2, 0.25) is 0 Å². The molecule has 0 aromatic heterocycles. The summed E-state index contributed by atoms with van der Waals surface area (Å²) in [5.74, 6) is 0.993. The standard InChI is InChI=1S/C14H18O3/c1-10(3-2-7-15)12-6-8-17-14-9-11(16)4-5-13(12)14/h4-5,9,15-16H,2-3,6-8H2,1H3. The van der Waals surface area contributed by atoms with Crippen LogP contribution in [0.2, 0.25) is 0 Å². The second-order valence-electron chi connectivity index (χ2n) is 4.36. The zero-order valence-corrected chi connectivity index (χ0v) is 10.1. The van der Waals surface area contributed by atoms with Gasteiger partial charge in [-0.05, 0) is 37.5 Å². The molecule has 0 atom stereocenters. The molecule has 0 saturated carbocycles. The maximum absolute atomic E-state index is 9.43. The van der Waals surface area contributed by atoms with E-state index in [1.807, 2.05) is 6.07 Å². The van der Waals surface area contributed by atoms with E-state index in [4.69, 9.17) is 9.84 Å². The van der Waals surface area contributed by atoms with E-state index in [0.29, 0.717) is 6.61 Å². The molecule has 1 aromatic rings. The van der Waals surface area contributed by atoms with Gasteiger partial charge < -0.3 is 14.9 Å². The average Bonchev–Trinajstić information content (AvgIpc) is 2.34. The fourth-order valence-electron chi connectivity index (χ4n) is 2.22.